The molecular formula is C11H20N2O3. The number of amides is 2. The smallest absolute Gasteiger partial charge is 0.326 e. The van der Waals surface area contributed by atoms with Gasteiger partial charge in [0.05, 0.1) is 0 Å². The number of carbonyl (C=O) groups is 2. The number of urea groups is 1. The maximum absolute atomic E-state index is 11.7. The van der Waals surface area contributed by atoms with Gasteiger partial charge in [-0.2, -0.15) is 0 Å². The van der Waals surface area contributed by atoms with Crippen LogP contribution in [-0.4, -0.2) is 41.1 Å². The van der Waals surface area contributed by atoms with E-state index in [1.807, 2.05) is 6.92 Å². The molecule has 0 saturated carbocycles. The van der Waals surface area contributed by atoms with Crippen molar-refractivity contribution < 1.29 is 14.7 Å². The fourth-order valence-corrected chi connectivity index (χ4v) is 1.83. The number of rotatable bonds is 5. The minimum atomic E-state index is -0.944. The number of hydrogen-bond donors (Lipinski definition) is 2. The highest BCUT2D eigenvalue weighted by Gasteiger charge is 2.24. The second kappa shape index (κ2) is 6.35. The van der Waals surface area contributed by atoms with Gasteiger partial charge in [-0.05, 0) is 19.3 Å². The first-order valence-corrected chi connectivity index (χ1v) is 5.93. The lowest BCUT2D eigenvalue weighted by Gasteiger charge is -2.20. The number of hydrogen-bond acceptors (Lipinski definition) is 2. The number of nitrogens with one attached hydrogen (secondary N) is 1. The molecule has 5 heteroatoms. The second-order valence-electron chi connectivity index (χ2n) is 4.18. The predicted octanol–water partition coefficient (Wildman–Crippen LogP) is 1.44. The van der Waals surface area contributed by atoms with Crippen molar-refractivity contribution in [3.63, 3.8) is 0 Å². The van der Waals surface area contributed by atoms with Crippen LogP contribution in [0.3, 0.4) is 0 Å². The maximum atomic E-state index is 11.7. The fraction of sp³-hybridized carbons (Fsp3) is 0.818. The molecular weight excluding hydrogens is 208 g/mol. The Balaban J connectivity index is 2.40. The summed E-state index contributed by atoms with van der Waals surface area (Å²) in [6.45, 7) is 3.49. The summed E-state index contributed by atoms with van der Waals surface area (Å²) in [6.07, 6.45) is 4.28. The van der Waals surface area contributed by atoms with E-state index >= 15 is 0 Å². The average Bonchev–Trinajstić information content (AvgIpc) is 2.76. The molecule has 16 heavy (non-hydrogen) atoms. The van der Waals surface area contributed by atoms with Crippen LogP contribution in [0.1, 0.15) is 39.0 Å². The zero-order chi connectivity index (χ0) is 12.0. The Labute approximate surface area is 95.8 Å². The average molecular weight is 228 g/mol. The van der Waals surface area contributed by atoms with Crippen molar-refractivity contribution in [2.75, 3.05) is 13.1 Å². The molecule has 0 aliphatic carbocycles. The summed E-state index contributed by atoms with van der Waals surface area (Å²) >= 11 is 0. The van der Waals surface area contributed by atoms with Crippen LogP contribution >= 0.6 is 0 Å². The van der Waals surface area contributed by atoms with Gasteiger partial charge in [0.1, 0.15) is 6.04 Å². The van der Waals surface area contributed by atoms with Crippen molar-refractivity contribution in [3.05, 3.63) is 0 Å². The second-order valence-corrected chi connectivity index (χ2v) is 4.18. The van der Waals surface area contributed by atoms with E-state index in [4.69, 9.17) is 5.11 Å². The molecule has 1 saturated heterocycles. The van der Waals surface area contributed by atoms with Crippen molar-refractivity contribution in [2.24, 2.45) is 0 Å². The Morgan fingerprint density at radius 3 is 2.50 bits per heavy atom. The van der Waals surface area contributed by atoms with E-state index in [1.54, 1.807) is 4.90 Å². The van der Waals surface area contributed by atoms with Crippen LogP contribution in [0.4, 0.5) is 4.79 Å². The van der Waals surface area contributed by atoms with Crippen molar-refractivity contribution in [2.45, 2.75) is 45.1 Å². The van der Waals surface area contributed by atoms with Gasteiger partial charge in [-0.1, -0.05) is 19.8 Å². The van der Waals surface area contributed by atoms with Crippen LogP contribution in [0.5, 0.6) is 0 Å². The summed E-state index contributed by atoms with van der Waals surface area (Å²) in [5.74, 6) is -0.944. The van der Waals surface area contributed by atoms with Crippen LogP contribution < -0.4 is 5.32 Å². The molecule has 0 aromatic rings. The minimum absolute atomic E-state index is 0.235. The quantitative estimate of drug-likeness (QED) is 0.748. The van der Waals surface area contributed by atoms with Crippen molar-refractivity contribution in [1.82, 2.24) is 10.2 Å². The predicted molar refractivity (Wildman–Crippen MR) is 60.3 cm³/mol. The Bertz CT molecular complexity index is 250. The van der Waals surface area contributed by atoms with E-state index in [0.29, 0.717) is 6.42 Å². The Kier molecular flexibility index (Phi) is 5.08. The molecule has 0 spiro atoms. The lowest BCUT2D eigenvalue weighted by Crippen LogP contribution is -2.47. The molecule has 0 aromatic heterocycles. The largest absolute Gasteiger partial charge is 0.480 e. The first kappa shape index (κ1) is 12.8. The summed E-state index contributed by atoms with van der Waals surface area (Å²) in [5, 5.41) is 11.5. The van der Waals surface area contributed by atoms with Gasteiger partial charge in [0.15, 0.2) is 0 Å². The SMILES string of the molecule is CCCCC(NC(=O)N1CCCC1)C(=O)O. The number of unbranched alkanes of at least 4 members (excludes halogenated alkanes) is 1. The van der Waals surface area contributed by atoms with Crippen LogP contribution in [0.15, 0.2) is 0 Å². The highest BCUT2D eigenvalue weighted by Crippen LogP contribution is 2.08. The number of carboxylic acid groups (broad SMARTS) is 1. The summed E-state index contributed by atoms with van der Waals surface area (Å²) in [6, 6.07) is -0.978. The summed E-state index contributed by atoms with van der Waals surface area (Å²) in [4.78, 5) is 24.3. The molecule has 2 N–H and O–H groups in total. The Morgan fingerprint density at radius 1 is 1.38 bits per heavy atom. The highest BCUT2D eigenvalue weighted by atomic mass is 16.4. The monoisotopic (exact) mass is 228 g/mol. The number of nitrogens with zero attached hydrogens (tertiary/aromatic N) is 1. The van der Waals surface area contributed by atoms with E-state index in [2.05, 4.69) is 5.32 Å². The number of carboxylic acids is 1. The molecule has 1 fully saturated rings. The molecule has 0 bridgehead atoms. The van der Waals surface area contributed by atoms with E-state index in [-0.39, 0.29) is 6.03 Å². The van der Waals surface area contributed by atoms with Crippen molar-refractivity contribution in [1.29, 1.82) is 0 Å². The fourth-order valence-electron chi connectivity index (χ4n) is 1.83. The van der Waals surface area contributed by atoms with E-state index in [0.717, 1.165) is 38.8 Å². The summed E-state index contributed by atoms with van der Waals surface area (Å²) < 4.78 is 0. The van der Waals surface area contributed by atoms with Crippen molar-refractivity contribution in [3.8, 4) is 0 Å². The number of carbonyl (C=O) groups excluding carboxylic acids is 1. The molecule has 1 atom stereocenters. The minimum Gasteiger partial charge on any atom is -0.480 e. The summed E-state index contributed by atoms with van der Waals surface area (Å²) in [5.41, 5.74) is 0. The van der Waals surface area contributed by atoms with Crippen LogP contribution in [0.25, 0.3) is 0 Å². The third-order valence-electron chi connectivity index (χ3n) is 2.84. The van der Waals surface area contributed by atoms with E-state index < -0.39 is 12.0 Å². The molecule has 0 aromatic carbocycles. The molecule has 5 nitrogen and oxygen atoms in total. The molecule has 1 heterocycles. The van der Waals surface area contributed by atoms with Gasteiger partial charge in [-0.25, -0.2) is 9.59 Å². The molecule has 0 radical (unpaired) electrons. The van der Waals surface area contributed by atoms with Gasteiger partial charge in [-0.15, -0.1) is 0 Å². The van der Waals surface area contributed by atoms with Gasteiger partial charge in [0.25, 0.3) is 0 Å². The zero-order valence-corrected chi connectivity index (χ0v) is 9.74. The van der Waals surface area contributed by atoms with Crippen LogP contribution in [-0.2, 0) is 4.79 Å². The first-order valence-electron chi connectivity index (χ1n) is 5.93. The lowest BCUT2D eigenvalue weighted by atomic mass is 10.1. The van der Waals surface area contributed by atoms with E-state index in [1.165, 1.54) is 0 Å². The third-order valence-corrected chi connectivity index (χ3v) is 2.84. The Hall–Kier alpha value is -1.26. The van der Waals surface area contributed by atoms with Crippen molar-refractivity contribution >= 4 is 12.0 Å². The topological polar surface area (TPSA) is 69.6 Å². The zero-order valence-electron chi connectivity index (χ0n) is 9.74. The van der Waals surface area contributed by atoms with E-state index in [9.17, 15) is 9.59 Å². The van der Waals surface area contributed by atoms with Gasteiger partial charge in [0.2, 0.25) is 0 Å². The standard InChI is InChI=1S/C11H20N2O3/c1-2-3-6-9(10(14)15)12-11(16)13-7-4-5-8-13/h9H,2-8H2,1H3,(H,12,16)(H,14,15). The molecule has 1 aliphatic rings. The number of likely N-dealkylation sites (tertiary alicyclic amines) is 1. The molecule has 1 unspecified atom stereocenters. The normalized spacial score (nSPS) is 17.2. The van der Waals surface area contributed by atoms with Crippen LogP contribution in [0, 0.1) is 0 Å². The molecule has 92 valence electrons. The third kappa shape index (κ3) is 3.72. The lowest BCUT2D eigenvalue weighted by molar-refractivity contribution is -0.139. The first-order chi connectivity index (χ1) is 7.65. The van der Waals surface area contributed by atoms with Gasteiger partial charge in [0, 0.05) is 13.1 Å². The molecule has 2 amide bonds. The maximum Gasteiger partial charge on any atom is 0.326 e. The van der Waals surface area contributed by atoms with Gasteiger partial charge in [-0.3, -0.25) is 0 Å². The molecule has 1 aliphatic heterocycles. The Morgan fingerprint density at radius 2 is 2.00 bits per heavy atom. The highest BCUT2D eigenvalue weighted by molar-refractivity contribution is 5.82. The van der Waals surface area contributed by atoms with Crippen LogP contribution in [0.2, 0.25) is 0 Å². The summed E-state index contributed by atoms with van der Waals surface area (Å²) in [7, 11) is 0. The molecule has 1 rings (SSSR count). The van der Waals surface area contributed by atoms with Gasteiger partial charge < -0.3 is 15.3 Å². The van der Waals surface area contributed by atoms with Gasteiger partial charge >= 0.3 is 12.0 Å². The number of aliphatic carboxylic acids is 1.